The van der Waals surface area contributed by atoms with Crippen LogP contribution in [0.15, 0.2) is 53.6 Å². The maximum absolute atomic E-state index is 12.6. The van der Waals surface area contributed by atoms with Crippen LogP contribution in [0.2, 0.25) is 5.02 Å². The number of halogens is 1. The number of pyridine rings is 1. The molecule has 6 nitrogen and oxygen atoms in total. The van der Waals surface area contributed by atoms with Crippen molar-refractivity contribution in [3.63, 3.8) is 0 Å². The molecule has 0 aliphatic heterocycles. The summed E-state index contributed by atoms with van der Waals surface area (Å²) in [5.41, 5.74) is 3.40. The van der Waals surface area contributed by atoms with Gasteiger partial charge in [-0.1, -0.05) is 41.9 Å². The number of carbonyl (C=O) groups excluding carboxylic acids is 1. The Balaban J connectivity index is 1.54. The molecule has 0 saturated heterocycles. The first-order valence-corrected chi connectivity index (χ1v) is 9.47. The monoisotopic (exact) mass is 407 g/mol. The molecule has 0 saturated carbocycles. The molecule has 146 valence electrons. The Hall–Kier alpha value is -3.25. The van der Waals surface area contributed by atoms with Crippen LogP contribution < -0.4 is 5.56 Å². The Kier molecular flexibility index (Phi) is 5.03. The first-order chi connectivity index (χ1) is 14.0. The number of carbonyl (C=O) groups is 1. The zero-order valence-electron chi connectivity index (χ0n) is 16.0. The van der Waals surface area contributed by atoms with E-state index in [1.54, 1.807) is 12.1 Å². The van der Waals surface area contributed by atoms with E-state index in [0.29, 0.717) is 21.6 Å². The largest absolute Gasteiger partial charge is 0.458 e. The van der Waals surface area contributed by atoms with Gasteiger partial charge in [0, 0.05) is 5.39 Å². The van der Waals surface area contributed by atoms with Crippen LogP contribution in [-0.4, -0.2) is 20.5 Å². The fraction of sp³-hybridized carbons (Fsp3) is 0.182. The molecule has 0 fully saturated rings. The lowest BCUT2D eigenvalue weighted by Crippen LogP contribution is -2.26. The second-order valence-electron chi connectivity index (χ2n) is 6.82. The Morgan fingerprint density at radius 1 is 1.10 bits per heavy atom. The lowest BCUT2D eigenvalue weighted by Gasteiger charge is -2.11. The van der Waals surface area contributed by atoms with Crippen molar-refractivity contribution in [3.8, 4) is 0 Å². The minimum Gasteiger partial charge on any atom is -0.458 e. The molecule has 29 heavy (non-hydrogen) atoms. The smallest absolute Gasteiger partial charge is 0.326 e. The van der Waals surface area contributed by atoms with Crippen LogP contribution >= 0.6 is 11.6 Å². The summed E-state index contributed by atoms with van der Waals surface area (Å²) >= 11 is 6.40. The van der Waals surface area contributed by atoms with E-state index >= 15 is 0 Å². The van der Waals surface area contributed by atoms with Crippen LogP contribution in [0.3, 0.4) is 0 Å². The predicted molar refractivity (Wildman–Crippen MR) is 112 cm³/mol. The third-order valence-electron chi connectivity index (χ3n) is 4.87. The molecule has 2 aromatic carbocycles. The van der Waals surface area contributed by atoms with Gasteiger partial charge in [0.1, 0.15) is 13.2 Å². The molecule has 7 heteroatoms. The number of ether oxygens (including phenoxy) is 1. The molecular weight excluding hydrogens is 390 g/mol. The number of esters is 1. The van der Waals surface area contributed by atoms with E-state index in [2.05, 4.69) is 9.97 Å². The molecule has 0 unspecified atom stereocenters. The van der Waals surface area contributed by atoms with Crippen molar-refractivity contribution in [3.05, 3.63) is 81.0 Å². The van der Waals surface area contributed by atoms with Gasteiger partial charge in [0.15, 0.2) is 0 Å². The van der Waals surface area contributed by atoms with Crippen LogP contribution in [0.4, 0.5) is 0 Å². The van der Waals surface area contributed by atoms with Crippen molar-refractivity contribution in [2.75, 3.05) is 0 Å². The van der Waals surface area contributed by atoms with Gasteiger partial charge in [-0.3, -0.25) is 14.2 Å². The minimum atomic E-state index is -0.565. The van der Waals surface area contributed by atoms with E-state index in [1.807, 2.05) is 44.2 Å². The van der Waals surface area contributed by atoms with Crippen LogP contribution in [-0.2, 0) is 22.7 Å². The molecule has 0 atom stereocenters. The first-order valence-electron chi connectivity index (χ1n) is 9.10. The Morgan fingerprint density at radius 2 is 1.86 bits per heavy atom. The van der Waals surface area contributed by atoms with E-state index in [-0.39, 0.29) is 18.7 Å². The Morgan fingerprint density at radius 3 is 2.69 bits per heavy atom. The second kappa shape index (κ2) is 7.64. The number of aryl methyl sites for hydroxylation is 2. The number of para-hydroxylation sites is 2. The normalized spacial score (nSPS) is 11.1. The molecular formula is C22H18ClN3O3. The van der Waals surface area contributed by atoms with E-state index in [1.165, 1.54) is 10.9 Å². The highest BCUT2D eigenvalue weighted by molar-refractivity contribution is 6.32. The van der Waals surface area contributed by atoms with E-state index in [9.17, 15) is 9.59 Å². The summed E-state index contributed by atoms with van der Waals surface area (Å²) in [6.45, 7) is 3.48. The summed E-state index contributed by atoms with van der Waals surface area (Å²) in [6, 6.07) is 13.0. The summed E-state index contributed by atoms with van der Waals surface area (Å²) < 4.78 is 6.58. The molecule has 0 radical (unpaired) electrons. The summed E-state index contributed by atoms with van der Waals surface area (Å²) in [6.07, 6.45) is 1.37. The fourth-order valence-electron chi connectivity index (χ4n) is 3.30. The molecule has 2 heterocycles. The van der Waals surface area contributed by atoms with E-state index < -0.39 is 5.97 Å². The van der Waals surface area contributed by atoms with Crippen molar-refractivity contribution in [2.24, 2.45) is 0 Å². The highest BCUT2D eigenvalue weighted by atomic mass is 35.5. The number of hydrogen-bond donors (Lipinski definition) is 0. The maximum Gasteiger partial charge on any atom is 0.326 e. The lowest BCUT2D eigenvalue weighted by atomic mass is 10.1. The molecule has 2 aromatic heterocycles. The van der Waals surface area contributed by atoms with Gasteiger partial charge < -0.3 is 4.74 Å². The molecule has 0 spiro atoms. The predicted octanol–water partition coefficient (Wildman–Crippen LogP) is 3.96. The lowest BCUT2D eigenvalue weighted by molar-refractivity contribution is -0.145. The summed E-state index contributed by atoms with van der Waals surface area (Å²) in [5.74, 6) is -0.565. The number of benzene rings is 2. The number of nitrogens with zero attached hydrogens (tertiary/aromatic N) is 3. The highest BCUT2D eigenvalue weighted by Crippen LogP contribution is 2.27. The molecule has 0 bridgehead atoms. The van der Waals surface area contributed by atoms with Crippen LogP contribution in [0.5, 0.6) is 0 Å². The van der Waals surface area contributed by atoms with Crippen LogP contribution in [0, 0.1) is 13.8 Å². The molecule has 4 aromatic rings. The van der Waals surface area contributed by atoms with Crippen LogP contribution in [0.25, 0.3) is 21.8 Å². The quantitative estimate of drug-likeness (QED) is 0.479. The number of rotatable bonds is 4. The summed E-state index contributed by atoms with van der Waals surface area (Å²) in [4.78, 5) is 33.7. The van der Waals surface area contributed by atoms with Crippen molar-refractivity contribution >= 4 is 39.4 Å². The average molecular weight is 408 g/mol. The average Bonchev–Trinajstić information content (AvgIpc) is 2.72. The van der Waals surface area contributed by atoms with Gasteiger partial charge in [0.25, 0.3) is 5.56 Å². The number of fused-ring (bicyclic) bond motifs is 2. The van der Waals surface area contributed by atoms with Gasteiger partial charge in [-0.15, -0.1) is 0 Å². The van der Waals surface area contributed by atoms with Gasteiger partial charge >= 0.3 is 5.97 Å². The van der Waals surface area contributed by atoms with Gasteiger partial charge in [0.2, 0.25) is 0 Å². The number of aromatic nitrogens is 3. The summed E-state index contributed by atoms with van der Waals surface area (Å²) in [7, 11) is 0. The first kappa shape index (κ1) is 19.1. The third kappa shape index (κ3) is 3.59. The summed E-state index contributed by atoms with van der Waals surface area (Å²) in [5, 5.41) is 1.89. The SMILES string of the molecule is Cc1c(Cl)c(COC(=O)Cn2cnc3c(C)cccc3c2=O)nc2ccccc12. The van der Waals surface area contributed by atoms with E-state index in [4.69, 9.17) is 16.3 Å². The molecule has 0 N–H and O–H groups in total. The van der Waals surface area contributed by atoms with Crippen molar-refractivity contribution in [1.82, 2.24) is 14.5 Å². The third-order valence-corrected chi connectivity index (χ3v) is 5.37. The second-order valence-corrected chi connectivity index (χ2v) is 7.20. The zero-order valence-corrected chi connectivity index (χ0v) is 16.7. The van der Waals surface area contributed by atoms with Crippen LogP contribution in [0.1, 0.15) is 16.8 Å². The van der Waals surface area contributed by atoms with Gasteiger partial charge in [-0.2, -0.15) is 0 Å². The van der Waals surface area contributed by atoms with Crippen molar-refractivity contribution in [1.29, 1.82) is 0 Å². The maximum atomic E-state index is 12.6. The van der Waals surface area contributed by atoms with Gasteiger partial charge in [-0.05, 0) is 37.1 Å². The zero-order chi connectivity index (χ0) is 20.5. The number of hydrogen-bond acceptors (Lipinski definition) is 5. The minimum absolute atomic E-state index is 0.0712. The Bertz CT molecular complexity index is 1310. The topological polar surface area (TPSA) is 74.1 Å². The molecule has 0 amide bonds. The van der Waals surface area contributed by atoms with Gasteiger partial charge in [0.05, 0.1) is 33.5 Å². The highest BCUT2D eigenvalue weighted by Gasteiger charge is 2.14. The van der Waals surface area contributed by atoms with E-state index in [0.717, 1.165) is 22.0 Å². The van der Waals surface area contributed by atoms with Gasteiger partial charge in [-0.25, -0.2) is 9.97 Å². The fourth-order valence-corrected chi connectivity index (χ4v) is 3.50. The van der Waals surface area contributed by atoms with Crippen molar-refractivity contribution in [2.45, 2.75) is 27.0 Å². The van der Waals surface area contributed by atoms with Crippen molar-refractivity contribution < 1.29 is 9.53 Å². The standard InChI is InChI=1S/C22H18ClN3O3/c1-13-6-5-8-16-21(13)24-12-26(22(16)28)10-19(27)29-11-18-20(23)14(2)15-7-3-4-9-17(15)25-18/h3-9,12H,10-11H2,1-2H3. The molecule has 0 aliphatic carbocycles. The Labute approximate surface area is 171 Å². The molecule has 4 rings (SSSR count). The molecule has 0 aliphatic rings.